The number of hydrogen-bond acceptors (Lipinski definition) is 5. The molecule has 49 heavy (non-hydrogen) atoms. The second-order valence-corrected chi connectivity index (χ2v) is 18.9. The summed E-state index contributed by atoms with van der Waals surface area (Å²) >= 11 is 0. The molecule has 0 heterocycles. The number of carbonyl (C=O) groups is 1. The van der Waals surface area contributed by atoms with E-state index in [0.717, 1.165) is 64.2 Å². The second kappa shape index (κ2) is 14.0. The molecule has 0 radical (unpaired) electrons. The maximum Gasteiger partial charge on any atom is 0.312 e. The summed E-state index contributed by atoms with van der Waals surface area (Å²) in [6.45, 7) is 18.6. The second-order valence-electron chi connectivity index (χ2n) is 18.9. The lowest BCUT2D eigenvalue weighted by Gasteiger charge is -2.61. The Morgan fingerprint density at radius 2 is 1.31 bits per heavy atom. The van der Waals surface area contributed by atoms with E-state index in [1.54, 1.807) is 11.1 Å². The number of fused-ring (bicyclic) bond motifs is 6. The summed E-state index contributed by atoms with van der Waals surface area (Å²) in [7, 11) is 0. The molecule has 0 amide bonds. The van der Waals surface area contributed by atoms with Crippen LogP contribution in [0.15, 0.2) is 45.6 Å². The van der Waals surface area contributed by atoms with Gasteiger partial charge in [0.2, 0.25) is 0 Å². The van der Waals surface area contributed by atoms with Crippen LogP contribution < -0.4 is 0 Å². The summed E-state index contributed by atoms with van der Waals surface area (Å²) in [4.78, 5) is 19.3. The van der Waals surface area contributed by atoms with E-state index in [0.29, 0.717) is 36.5 Å². The summed E-state index contributed by atoms with van der Waals surface area (Å²) in [6.07, 6.45) is 20.1. The highest BCUT2D eigenvalue weighted by atomic mass is 17.1. The van der Waals surface area contributed by atoms with Gasteiger partial charge in [0.05, 0.1) is 18.1 Å². The van der Waals surface area contributed by atoms with Crippen molar-refractivity contribution in [3.8, 4) is 0 Å². The minimum atomic E-state index is -0.706. The minimum absolute atomic E-state index is 0.0800. The Morgan fingerprint density at radius 3 is 1.86 bits per heavy atom. The number of aliphatic hydroxyl groups excluding tert-OH is 1. The molecule has 0 bridgehead atoms. The van der Waals surface area contributed by atoms with Crippen molar-refractivity contribution in [2.75, 3.05) is 6.61 Å². The minimum Gasteiger partial charge on any atom is -0.465 e. The fraction of sp³-hybridized carbons (Fsp3) is 0.795. The molecule has 0 aromatic rings. The first kappa shape index (κ1) is 37.1. The molecule has 0 aromatic carbocycles. The number of ether oxygens (including phenoxy) is 1. The molecule has 5 nitrogen and oxygen atoms in total. The highest BCUT2D eigenvalue weighted by Gasteiger charge is 2.59. The van der Waals surface area contributed by atoms with Gasteiger partial charge in [0.25, 0.3) is 0 Å². The van der Waals surface area contributed by atoms with Crippen LogP contribution in [0.4, 0.5) is 0 Å². The topological polar surface area (TPSA) is 76.0 Å². The van der Waals surface area contributed by atoms with E-state index in [-0.39, 0.29) is 28.8 Å². The zero-order chi connectivity index (χ0) is 35.4. The van der Waals surface area contributed by atoms with Crippen LogP contribution in [0.2, 0.25) is 0 Å². The molecule has 6 aliphatic rings. The van der Waals surface area contributed by atoms with Gasteiger partial charge in [-0.15, -0.1) is 0 Å². The number of aliphatic hydroxyl groups is 1. The van der Waals surface area contributed by atoms with E-state index >= 15 is 0 Å². The van der Waals surface area contributed by atoms with Crippen molar-refractivity contribution in [3.05, 3.63) is 45.6 Å². The van der Waals surface area contributed by atoms with Crippen LogP contribution in [0.25, 0.3) is 0 Å². The van der Waals surface area contributed by atoms with Crippen molar-refractivity contribution >= 4 is 5.97 Å². The number of esters is 1. The van der Waals surface area contributed by atoms with Crippen LogP contribution in [-0.2, 0) is 14.4 Å². The van der Waals surface area contributed by atoms with Crippen LogP contribution in [0, 0.1) is 45.3 Å². The van der Waals surface area contributed by atoms with Gasteiger partial charge in [-0.05, 0) is 157 Å². The molecule has 10 atom stereocenters. The Kier molecular flexibility index (Phi) is 10.6. The summed E-state index contributed by atoms with van der Waals surface area (Å²) in [5.74, 6) is 1.80. The van der Waals surface area contributed by atoms with Crippen molar-refractivity contribution in [1.29, 1.82) is 0 Å². The molecule has 10 unspecified atom stereocenters. The van der Waals surface area contributed by atoms with Gasteiger partial charge in [-0.3, -0.25) is 10.1 Å². The highest BCUT2D eigenvalue weighted by molar-refractivity contribution is 5.77. The number of rotatable bonds is 8. The fourth-order valence-corrected chi connectivity index (χ4v) is 13.1. The molecule has 4 fully saturated rings. The Hall–Kier alpha value is -1.69. The van der Waals surface area contributed by atoms with E-state index < -0.39 is 17.6 Å². The van der Waals surface area contributed by atoms with Crippen molar-refractivity contribution in [3.63, 3.8) is 0 Å². The van der Waals surface area contributed by atoms with Crippen molar-refractivity contribution in [1.82, 2.24) is 0 Å². The SMILES string of the molecule is CC(C)=C1C=C2CCC3C(C)(C(=O)OCCC(O)CC(OO)C4(C)CCCC5(C)C6CCC(=C(C)C)C=C6CCC45)CCCC3(C)C2CC1. The Labute approximate surface area is 298 Å². The lowest BCUT2D eigenvalue weighted by molar-refractivity contribution is -0.323. The lowest BCUT2D eigenvalue weighted by Crippen LogP contribution is -2.55. The standard InChI is InChI=1S/C44H68O5/c1-28(2)30-11-15-35-32(25-30)13-17-37-41(35,5)20-9-22-43(37,7)39(49-47)27-34(45)19-24-48-40(46)44(8)23-10-21-42(6)36-16-12-31(29(3)4)26-33(36)14-18-38(42)44/h25-26,34-39,45,47H,9-24,27H2,1-8H3. The zero-order valence-electron chi connectivity index (χ0n) is 32.3. The summed E-state index contributed by atoms with van der Waals surface area (Å²) in [5, 5.41) is 21.7. The first-order chi connectivity index (χ1) is 23.2. The Bertz CT molecular complexity index is 1390. The van der Waals surface area contributed by atoms with Crippen LogP contribution in [0.5, 0.6) is 0 Å². The van der Waals surface area contributed by atoms with Crippen molar-refractivity contribution < 1.29 is 24.8 Å². The maximum absolute atomic E-state index is 13.9. The van der Waals surface area contributed by atoms with Gasteiger partial charge in [-0.2, -0.15) is 0 Å². The number of carbonyl (C=O) groups excluding carboxylic acids is 1. The average Bonchev–Trinajstić information content (AvgIpc) is 3.06. The summed E-state index contributed by atoms with van der Waals surface area (Å²) in [6, 6.07) is 0. The quantitative estimate of drug-likeness (QED) is 0.152. The molecule has 0 aliphatic heterocycles. The van der Waals surface area contributed by atoms with E-state index in [9.17, 15) is 15.2 Å². The number of allylic oxidation sites excluding steroid dienone is 8. The van der Waals surface area contributed by atoms with Gasteiger partial charge in [0.1, 0.15) is 6.10 Å². The van der Waals surface area contributed by atoms with E-state index in [4.69, 9.17) is 9.62 Å². The molecular weight excluding hydrogens is 608 g/mol. The van der Waals surface area contributed by atoms with Gasteiger partial charge in [-0.1, -0.05) is 68.1 Å². The molecule has 5 heteroatoms. The monoisotopic (exact) mass is 677 g/mol. The molecule has 2 N–H and O–H groups in total. The van der Waals surface area contributed by atoms with Crippen LogP contribution >= 0.6 is 0 Å². The number of hydrogen-bond donors (Lipinski definition) is 2. The third-order valence-electron chi connectivity index (χ3n) is 15.8. The normalized spacial score (nSPS) is 40.0. The lowest BCUT2D eigenvalue weighted by atomic mass is 9.44. The molecule has 6 aliphatic carbocycles. The summed E-state index contributed by atoms with van der Waals surface area (Å²) < 4.78 is 6.07. The smallest absolute Gasteiger partial charge is 0.312 e. The first-order valence-corrected chi connectivity index (χ1v) is 20.1. The molecule has 274 valence electrons. The average molecular weight is 677 g/mol. The highest BCUT2D eigenvalue weighted by Crippen LogP contribution is 2.65. The van der Waals surface area contributed by atoms with E-state index in [2.05, 4.69) is 67.5 Å². The molecule has 0 saturated heterocycles. The third kappa shape index (κ3) is 6.50. The van der Waals surface area contributed by atoms with Gasteiger partial charge < -0.3 is 9.84 Å². The molecule has 6 rings (SSSR count). The van der Waals surface area contributed by atoms with Crippen LogP contribution in [-0.4, -0.2) is 35.1 Å². The van der Waals surface area contributed by atoms with Crippen molar-refractivity contribution in [2.45, 2.75) is 170 Å². The molecular formula is C44H68O5. The Morgan fingerprint density at radius 1 is 0.776 bits per heavy atom. The van der Waals surface area contributed by atoms with Crippen molar-refractivity contribution in [2.24, 2.45) is 45.3 Å². The predicted molar refractivity (Wildman–Crippen MR) is 198 cm³/mol. The van der Waals surface area contributed by atoms with Gasteiger partial charge in [0, 0.05) is 18.3 Å². The fourth-order valence-electron chi connectivity index (χ4n) is 13.1. The van der Waals surface area contributed by atoms with Gasteiger partial charge in [0.15, 0.2) is 0 Å². The predicted octanol–water partition coefficient (Wildman–Crippen LogP) is 11.1. The van der Waals surface area contributed by atoms with Crippen LogP contribution in [0.1, 0.15) is 158 Å². The van der Waals surface area contributed by atoms with E-state index in [1.165, 1.54) is 48.0 Å². The van der Waals surface area contributed by atoms with Crippen LogP contribution in [0.3, 0.4) is 0 Å². The third-order valence-corrected chi connectivity index (χ3v) is 15.8. The largest absolute Gasteiger partial charge is 0.465 e. The van der Waals surface area contributed by atoms with Gasteiger partial charge >= 0.3 is 5.97 Å². The summed E-state index contributed by atoms with van der Waals surface area (Å²) in [5.41, 5.74) is 8.73. The maximum atomic E-state index is 13.9. The molecule has 0 spiro atoms. The molecule has 0 aromatic heterocycles. The zero-order valence-corrected chi connectivity index (χ0v) is 32.3. The Balaban J connectivity index is 1.08. The first-order valence-electron chi connectivity index (χ1n) is 20.1. The van der Waals surface area contributed by atoms with E-state index in [1.807, 2.05) is 0 Å². The van der Waals surface area contributed by atoms with Gasteiger partial charge in [-0.25, -0.2) is 4.89 Å². The molecule has 4 saturated carbocycles.